The summed E-state index contributed by atoms with van der Waals surface area (Å²) < 4.78 is 6.60. The first-order chi connectivity index (χ1) is 23.0. The highest BCUT2D eigenvalue weighted by Gasteiger charge is 2.22. The maximum absolute atomic E-state index is 6.65. The molecule has 0 saturated carbocycles. The predicted octanol–water partition coefficient (Wildman–Crippen LogP) is 6.16. The molecule has 1 aromatic heterocycles. The Kier molecular flexibility index (Phi) is 7.07. The molecule has 1 nitrogen and oxygen atoms in total. The van der Waals surface area contributed by atoms with Crippen LogP contribution in [0.2, 0.25) is 0 Å². The number of fused-ring (bicyclic) bond motifs is 5. The van der Waals surface area contributed by atoms with E-state index in [1.807, 2.05) is 24.3 Å². The smallest absolute Gasteiger partial charge is 0.143 e. The highest BCUT2D eigenvalue weighted by molar-refractivity contribution is 6.69. The van der Waals surface area contributed by atoms with Gasteiger partial charge in [0.15, 0.2) is 0 Å². The van der Waals surface area contributed by atoms with Crippen molar-refractivity contribution in [2.24, 2.45) is 0 Å². The standard InChI is InChI=1S/C42H27B5O/c1-42(2,3)24-11-8-10-22(20-24)25-16-9-17-30-31-21-23(18-19-32(31)48-41(25)30)33-26-12-4-6-14-28(26)34(29-15-7-5-13-27(29)33)35-36(43)38(45)40(47)39(46)37(35)44/h4-21H,1-3H3. The average Bonchev–Trinajstić information content (AvgIpc) is 3.47. The zero-order valence-corrected chi connectivity index (χ0v) is 27.2. The van der Waals surface area contributed by atoms with Gasteiger partial charge in [-0.3, -0.25) is 0 Å². The molecule has 0 spiro atoms. The van der Waals surface area contributed by atoms with Gasteiger partial charge in [0.05, 0.1) is 0 Å². The van der Waals surface area contributed by atoms with E-state index in [1.54, 1.807) is 0 Å². The molecule has 0 unspecified atom stereocenters. The Morgan fingerprint density at radius 1 is 0.438 bits per heavy atom. The van der Waals surface area contributed by atoms with Crippen molar-refractivity contribution in [1.82, 2.24) is 0 Å². The first-order valence-electron chi connectivity index (χ1n) is 16.1. The average molecular weight is 602 g/mol. The van der Waals surface area contributed by atoms with Gasteiger partial charge < -0.3 is 4.42 Å². The summed E-state index contributed by atoms with van der Waals surface area (Å²) in [7, 11) is 32.2. The molecule has 216 valence electrons. The van der Waals surface area contributed by atoms with E-state index in [2.05, 4.69) is 106 Å². The summed E-state index contributed by atoms with van der Waals surface area (Å²) in [6.07, 6.45) is 0. The van der Waals surface area contributed by atoms with Gasteiger partial charge in [0.1, 0.15) is 50.4 Å². The summed E-state index contributed by atoms with van der Waals surface area (Å²) in [5.74, 6) is 0. The molecular formula is C42H27B5O. The third-order valence-corrected chi connectivity index (χ3v) is 9.71. The summed E-state index contributed by atoms with van der Waals surface area (Å²) in [5, 5.41) is 6.18. The van der Waals surface area contributed by atoms with Crippen molar-refractivity contribution in [3.05, 3.63) is 115 Å². The van der Waals surface area contributed by atoms with Crippen LogP contribution in [0.25, 0.3) is 76.9 Å². The molecule has 48 heavy (non-hydrogen) atoms. The van der Waals surface area contributed by atoms with Crippen molar-refractivity contribution in [3.8, 4) is 33.4 Å². The Morgan fingerprint density at radius 2 is 0.979 bits per heavy atom. The second kappa shape index (κ2) is 11.1. The summed E-state index contributed by atoms with van der Waals surface area (Å²) in [6, 6.07) is 38.2. The van der Waals surface area contributed by atoms with Crippen LogP contribution >= 0.6 is 0 Å². The molecule has 0 aliphatic rings. The molecule has 8 aromatic rings. The first kappa shape index (κ1) is 30.5. The maximum Gasteiger partial charge on any atom is 0.143 e. The molecule has 0 aliphatic carbocycles. The van der Waals surface area contributed by atoms with Gasteiger partial charge in [0.2, 0.25) is 0 Å². The SMILES string of the molecule is [B]c1c([B])c([B])c(-c2c3ccccc3c(-c3ccc4oc5c(-c6cccc(C(C)(C)C)c6)cccc5c4c3)c3ccccc23)c([B])c1[B]. The molecule has 0 aliphatic heterocycles. The van der Waals surface area contributed by atoms with Crippen LogP contribution in [0, 0.1) is 0 Å². The Hall–Kier alpha value is -4.82. The zero-order valence-electron chi connectivity index (χ0n) is 27.2. The molecule has 0 fully saturated rings. The number of rotatable bonds is 3. The van der Waals surface area contributed by atoms with Gasteiger partial charge in [-0.25, -0.2) is 0 Å². The summed E-state index contributed by atoms with van der Waals surface area (Å²) >= 11 is 0. The lowest BCUT2D eigenvalue weighted by Crippen LogP contribution is -2.55. The van der Waals surface area contributed by atoms with Crippen LogP contribution in [0.1, 0.15) is 26.3 Å². The predicted molar refractivity (Wildman–Crippen MR) is 211 cm³/mol. The third-order valence-electron chi connectivity index (χ3n) is 9.71. The van der Waals surface area contributed by atoms with Crippen molar-refractivity contribution < 1.29 is 4.42 Å². The molecule has 0 atom stereocenters. The Morgan fingerprint density at radius 3 is 1.58 bits per heavy atom. The van der Waals surface area contributed by atoms with Crippen molar-refractivity contribution in [2.75, 3.05) is 0 Å². The molecule has 0 saturated heterocycles. The highest BCUT2D eigenvalue weighted by atomic mass is 16.3. The van der Waals surface area contributed by atoms with E-state index in [0.717, 1.165) is 71.3 Å². The fourth-order valence-corrected chi connectivity index (χ4v) is 7.16. The Bertz CT molecular complexity index is 2520. The third kappa shape index (κ3) is 4.60. The maximum atomic E-state index is 6.65. The minimum Gasteiger partial charge on any atom is -0.455 e. The molecule has 8 rings (SSSR count). The molecular weight excluding hydrogens is 575 g/mol. The van der Waals surface area contributed by atoms with Crippen molar-refractivity contribution in [3.63, 3.8) is 0 Å². The van der Waals surface area contributed by atoms with Crippen LogP contribution in [0.15, 0.2) is 114 Å². The monoisotopic (exact) mass is 602 g/mol. The van der Waals surface area contributed by atoms with E-state index in [-0.39, 0.29) is 21.8 Å². The van der Waals surface area contributed by atoms with Gasteiger partial charge in [-0.15, -0.1) is 16.4 Å². The largest absolute Gasteiger partial charge is 0.455 e. The highest BCUT2D eigenvalue weighted by Crippen LogP contribution is 2.44. The van der Waals surface area contributed by atoms with Crippen LogP contribution < -0.4 is 27.3 Å². The quantitative estimate of drug-likeness (QED) is 0.175. The number of hydrogen-bond donors (Lipinski definition) is 0. The van der Waals surface area contributed by atoms with Gasteiger partial charge in [-0.2, -0.15) is 0 Å². The molecule has 1 heterocycles. The molecule has 7 aromatic carbocycles. The Labute approximate surface area is 287 Å². The van der Waals surface area contributed by atoms with E-state index in [4.69, 9.17) is 43.6 Å². The van der Waals surface area contributed by atoms with Crippen LogP contribution in [-0.4, -0.2) is 39.2 Å². The van der Waals surface area contributed by atoms with Crippen LogP contribution in [0.5, 0.6) is 0 Å². The van der Waals surface area contributed by atoms with Gasteiger partial charge >= 0.3 is 0 Å². The van der Waals surface area contributed by atoms with Crippen LogP contribution in [-0.2, 0) is 5.41 Å². The molecule has 0 N–H and O–H groups in total. The normalized spacial score (nSPS) is 12.1. The second-order valence-corrected chi connectivity index (χ2v) is 13.6. The number of para-hydroxylation sites is 1. The van der Waals surface area contributed by atoms with Crippen LogP contribution in [0.3, 0.4) is 0 Å². The van der Waals surface area contributed by atoms with Gasteiger partial charge in [0, 0.05) is 16.3 Å². The van der Waals surface area contributed by atoms with Crippen molar-refractivity contribution in [2.45, 2.75) is 26.2 Å². The summed E-state index contributed by atoms with van der Waals surface area (Å²) in [4.78, 5) is 0. The zero-order chi connectivity index (χ0) is 33.5. The van der Waals surface area contributed by atoms with E-state index in [1.165, 1.54) is 5.56 Å². The molecule has 10 radical (unpaired) electrons. The molecule has 6 heteroatoms. The first-order valence-corrected chi connectivity index (χ1v) is 16.1. The second-order valence-electron chi connectivity index (χ2n) is 13.6. The lowest BCUT2D eigenvalue weighted by atomic mass is 9.59. The lowest BCUT2D eigenvalue weighted by molar-refractivity contribution is 0.590. The van der Waals surface area contributed by atoms with Crippen LogP contribution in [0.4, 0.5) is 0 Å². The van der Waals surface area contributed by atoms with E-state index in [9.17, 15) is 0 Å². The van der Waals surface area contributed by atoms with Gasteiger partial charge in [0.25, 0.3) is 0 Å². The number of hydrogen-bond acceptors (Lipinski definition) is 1. The summed E-state index contributed by atoms with van der Waals surface area (Å²) in [5.41, 5.74) is 10.2. The van der Waals surface area contributed by atoms with E-state index in [0.29, 0.717) is 16.5 Å². The van der Waals surface area contributed by atoms with Crippen molar-refractivity contribution in [1.29, 1.82) is 0 Å². The minimum absolute atomic E-state index is 0.0400. The fourth-order valence-electron chi connectivity index (χ4n) is 7.16. The lowest BCUT2D eigenvalue weighted by Gasteiger charge is -2.25. The Balaban J connectivity index is 1.40. The molecule has 0 bridgehead atoms. The molecule has 0 amide bonds. The fraction of sp³-hybridized carbons (Fsp3) is 0.0952. The van der Waals surface area contributed by atoms with Gasteiger partial charge in [-0.1, -0.05) is 129 Å². The van der Waals surface area contributed by atoms with E-state index >= 15 is 0 Å². The van der Waals surface area contributed by atoms with E-state index < -0.39 is 0 Å². The minimum atomic E-state index is 0.0400. The van der Waals surface area contributed by atoms with Gasteiger partial charge in [-0.05, 0) is 72.5 Å². The summed E-state index contributed by atoms with van der Waals surface area (Å²) in [6.45, 7) is 6.71. The number of furan rings is 1. The van der Waals surface area contributed by atoms with Crippen molar-refractivity contribution >= 4 is 110 Å². The number of benzene rings is 7. The topological polar surface area (TPSA) is 13.1 Å².